The van der Waals surface area contributed by atoms with Crippen molar-refractivity contribution in [2.75, 3.05) is 24.5 Å². The molecule has 7 heteroatoms. The Bertz CT molecular complexity index is 1100. The Balaban J connectivity index is 1.47. The molecule has 2 amide bonds. The maximum atomic E-state index is 12.9. The van der Waals surface area contributed by atoms with E-state index in [2.05, 4.69) is 15.9 Å². The highest BCUT2D eigenvalue weighted by molar-refractivity contribution is 9.10. The van der Waals surface area contributed by atoms with Crippen molar-refractivity contribution in [1.29, 1.82) is 0 Å². The molecular weight excluding hydrogens is 444 g/mol. The number of anilines is 1. The first-order valence-electron chi connectivity index (χ1n) is 10.4. The molecule has 2 aliphatic rings. The first kappa shape index (κ1) is 19.3. The van der Waals surface area contributed by atoms with E-state index < -0.39 is 0 Å². The van der Waals surface area contributed by atoms with Crippen LogP contribution in [0.2, 0.25) is 0 Å². The van der Waals surface area contributed by atoms with Gasteiger partial charge in [0.25, 0.3) is 0 Å². The number of carbonyl (C=O) groups excluding carboxylic acids is 2. The fourth-order valence-corrected chi connectivity index (χ4v) is 4.79. The smallest absolute Gasteiger partial charge is 0.242 e. The van der Waals surface area contributed by atoms with E-state index in [4.69, 9.17) is 4.98 Å². The van der Waals surface area contributed by atoms with Crippen LogP contribution in [-0.4, -0.2) is 45.9 Å². The molecule has 0 N–H and O–H groups in total. The van der Waals surface area contributed by atoms with E-state index in [1.54, 1.807) is 0 Å². The summed E-state index contributed by atoms with van der Waals surface area (Å²) in [5, 5.41) is 0. The average molecular weight is 467 g/mol. The Kier molecular flexibility index (Phi) is 5.06. The molecular formula is C23H23BrN4O2. The summed E-state index contributed by atoms with van der Waals surface area (Å²) >= 11 is 3.44. The summed E-state index contributed by atoms with van der Waals surface area (Å²) in [6.45, 7) is 2.51. The van der Waals surface area contributed by atoms with Crippen LogP contribution in [0.1, 0.15) is 31.0 Å². The van der Waals surface area contributed by atoms with Crippen LogP contribution in [0.5, 0.6) is 0 Å². The van der Waals surface area contributed by atoms with Gasteiger partial charge in [0.15, 0.2) is 0 Å². The molecule has 0 aliphatic carbocycles. The SMILES string of the molecule is O=C(Cn1c(C2CC(=O)N(c3ccc(Br)cc3)C2)nc2ccccc21)N1CCCC1. The molecule has 2 aromatic carbocycles. The molecule has 0 radical (unpaired) electrons. The van der Waals surface area contributed by atoms with Crippen LogP contribution < -0.4 is 4.90 Å². The molecule has 1 unspecified atom stereocenters. The quantitative estimate of drug-likeness (QED) is 0.584. The number of fused-ring (bicyclic) bond motifs is 1. The van der Waals surface area contributed by atoms with Gasteiger partial charge in [0.2, 0.25) is 11.8 Å². The van der Waals surface area contributed by atoms with Crippen molar-refractivity contribution in [1.82, 2.24) is 14.5 Å². The predicted molar refractivity (Wildman–Crippen MR) is 119 cm³/mol. The lowest BCUT2D eigenvalue weighted by Gasteiger charge is -2.19. The molecule has 2 aliphatic heterocycles. The summed E-state index contributed by atoms with van der Waals surface area (Å²) in [5.74, 6) is 1.01. The largest absolute Gasteiger partial charge is 0.341 e. The number of hydrogen-bond acceptors (Lipinski definition) is 3. The van der Waals surface area contributed by atoms with Crippen molar-refractivity contribution >= 4 is 44.5 Å². The zero-order valence-corrected chi connectivity index (χ0v) is 18.2. The van der Waals surface area contributed by atoms with E-state index in [9.17, 15) is 9.59 Å². The zero-order chi connectivity index (χ0) is 20.7. The first-order chi connectivity index (χ1) is 14.6. The summed E-state index contributed by atoms with van der Waals surface area (Å²) in [5.41, 5.74) is 2.72. The van der Waals surface area contributed by atoms with Gasteiger partial charge in [0.1, 0.15) is 12.4 Å². The van der Waals surface area contributed by atoms with Crippen LogP contribution in [0.4, 0.5) is 5.69 Å². The van der Waals surface area contributed by atoms with Gasteiger partial charge in [-0.1, -0.05) is 28.1 Å². The predicted octanol–water partition coefficient (Wildman–Crippen LogP) is 3.94. The first-order valence-corrected chi connectivity index (χ1v) is 11.2. The zero-order valence-electron chi connectivity index (χ0n) is 16.6. The fraction of sp³-hybridized carbons (Fsp3) is 0.348. The van der Waals surface area contributed by atoms with Gasteiger partial charge in [-0.25, -0.2) is 4.98 Å². The molecule has 154 valence electrons. The Morgan fingerprint density at radius 2 is 1.80 bits per heavy atom. The van der Waals surface area contributed by atoms with Crippen LogP contribution in [0.3, 0.4) is 0 Å². The third-order valence-electron chi connectivity index (χ3n) is 6.06. The number of para-hydroxylation sites is 2. The van der Waals surface area contributed by atoms with Crippen molar-refractivity contribution in [3.8, 4) is 0 Å². The molecule has 0 spiro atoms. The molecule has 30 heavy (non-hydrogen) atoms. The highest BCUT2D eigenvalue weighted by Gasteiger charge is 2.35. The van der Waals surface area contributed by atoms with E-state index in [1.807, 2.05) is 62.9 Å². The minimum atomic E-state index is -0.0417. The van der Waals surface area contributed by atoms with Gasteiger partial charge in [-0.3, -0.25) is 9.59 Å². The molecule has 2 fully saturated rings. The van der Waals surface area contributed by atoms with Crippen LogP contribution in [-0.2, 0) is 16.1 Å². The van der Waals surface area contributed by atoms with Gasteiger partial charge in [0, 0.05) is 42.1 Å². The molecule has 3 heterocycles. The number of nitrogens with zero attached hydrogens (tertiary/aromatic N) is 4. The second-order valence-electron chi connectivity index (χ2n) is 8.01. The van der Waals surface area contributed by atoms with E-state index in [1.165, 1.54) is 0 Å². The molecule has 1 aromatic heterocycles. The lowest BCUT2D eigenvalue weighted by Crippen LogP contribution is -2.32. The van der Waals surface area contributed by atoms with E-state index in [0.717, 1.165) is 52.9 Å². The number of rotatable bonds is 4. The number of aromatic nitrogens is 2. The van der Waals surface area contributed by atoms with Gasteiger partial charge in [-0.05, 0) is 49.2 Å². The standard InChI is InChI=1S/C23H23BrN4O2/c24-17-7-9-18(10-8-17)27-14-16(13-21(27)29)23-25-19-5-1-2-6-20(19)28(23)15-22(30)26-11-3-4-12-26/h1-2,5-10,16H,3-4,11-15H2. The van der Waals surface area contributed by atoms with Gasteiger partial charge in [0.05, 0.1) is 11.0 Å². The molecule has 3 aromatic rings. The number of benzene rings is 2. The molecule has 0 bridgehead atoms. The van der Waals surface area contributed by atoms with Gasteiger partial charge < -0.3 is 14.4 Å². The maximum absolute atomic E-state index is 12.9. The van der Waals surface area contributed by atoms with Crippen molar-refractivity contribution in [3.05, 3.63) is 58.8 Å². The van der Waals surface area contributed by atoms with Gasteiger partial charge in [-0.2, -0.15) is 0 Å². The topological polar surface area (TPSA) is 58.4 Å². The maximum Gasteiger partial charge on any atom is 0.242 e. The van der Waals surface area contributed by atoms with Crippen LogP contribution in [0.25, 0.3) is 11.0 Å². The van der Waals surface area contributed by atoms with Crippen LogP contribution in [0, 0.1) is 0 Å². The van der Waals surface area contributed by atoms with E-state index in [-0.39, 0.29) is 24.3 Å². The Labute approximate surface area is 183 Å². The second-order valence-corrected chi connectivity index (χ2v) is 8.93. The average Bonchev–Trinajstić information content (AvgIpc) is 3.48. The van der Waals surface area contributed by atoms with Crippen molar-refractivity contribution in [3.63, 3.8) is 0 Å². The van der Waals surface area contributed by atoms with E-state index in [0.29, 0.717) is 13.0 Å². The normalized spacial score (nSPS) is 19.2. The lowest BCUT2D eigenvalue weighted by atomic mass is 10.1. The third kappa shape index (κ3) is 3.51. The molecule has 2 saturated heterocycles. The Morgan fingerprint density at radius 3 is 2.57 bits per heavy atom. The summed E-state index contributed by atoms with van der Waals surface area (Å²) in [4.78, 5) is 34.3. The highest BCUT2D eigenvalue weighted by atomic mass is 79.9. The minimum Gasteiger partial charge on any atom is -0.341 e. The summed E-state index contributed by atoms with van der Waals surface area (Å²) in [6, 6.07) is 15.7. The summed E-state index contributed by atoms with van der Waals surface area (Å²) in [7, 11) is 0. The number of amides is 2. The number of halogens is 1. The highest BCUT2D eigenvalue weighted by Crippen LogP contribution is 2.33. The monoisotopic (exact) mass is 466 g/mol. The lowest BCUT2D eigenvalue weighted by molar-refractivity contribution is -0.130. The molecule has 1 atom stereocenters. The number of imidazole rings is 1. The van der Waals surface area contributed by atoms with E-state index >= 15 is 0 Å². The Morgan fingerprint density at radius 1 is 1.07 bits per heavy atom. The van der Waals surface area contributed by atoms with Crippen molar-refractivity contribution in [2.45, 2.75) is 31.7 Å². The second kappa shape index (κ2) is 7.87. The molecule has 5 rings (SSSR count). The van der Waals surface area contributed by atoms with Gasteiger partial charge >= 0.3 is 0 Å². The van der Waals surface area contributed by atoms with Crippen LogP contribution in [0.15, 0.2) is 53.0 Å². The van der Waals surface area contributed by atoms with Crippen LogP contribution >= 0.6 is 15.9 Å². The summed E-state index contributed by atoms with van der Waals surface area (Å²) < 4.78 is 3.01. The number of hydrogen-bond donors (Lipinski definition) is 0. The third-order valence-corrected chi connectivity index (χ3v) is 6.59. The Hall–Kier alpha value is -2.67. The number of carbonyl (C=O) groups is 2. The number of likely N-dealkylation sites (tertiary alicyclic amines) is 1. The van der Waals surface area contributed by atoms with Crippen molar-refractivity contribution < 1.29 is 9.59 Å². The molecule has 6 nitrogen and oxygen atoms in total. The van der Waals surface area contributed by atoms with Gasteiger partial charge in [-0.15, -0.1) is 0 Å². The fourth-order valence-electron chi connectivity index (χ4n) is 4.52. The van der Waals surface area contributed by atoms with Crippen molar-refractivity contribution in [2.24, 2.45) is 0 Å². The molecule has 0 saturated carbocycles. The summed E-state index contributed by atoms with van der Waals surface area (Å²) in [6.07, 6.45) is 2.54. The minimum absolute atomic E-state index is 0.0417.